The third-order valence-corrected chi connectivity index (χ3v) is 2.79. The summed E-state index contributed by atoms with van der Waals surface area (Å²) in [6.45, 7) is 6.21. The largest absolute Gasteiger partial charge is 0.384 e. The van der Waals surface area contributed by atoms with Crippen molar-refractivity contribution in [2.24, 2.45) is 0 Å². The molecule has 0 aliphatic carbocycles. The van der Waals surface area contributed by atoms with Gasteiger partial charge in [-0.2, -0.15) is 0 Å². The summed E-state index contributed by atoms with van der Waals surface area (Å²) in [5.74, 6) is 0.576. The van der Waals surface area contributed by atoms with Crippen molar-refractivity contribution >= 4 is 5.82 Å². The quantitative estimate of drug-likeness (QED) is 0.788. The lowest BCUT2D eigenvalue weighted by molar-refractivity contribution is 1.21. The van der Waals surface area contributed by atoms with Gasteiger partial charge in [0, 0.05) is 11.3 Å². The molecule has 0 bridgehead atoms. The highest BCUT2D eigenvalue weighted by atomic mass is 14.8. The van der Waals surface area contributed by atoms with Gasteiger partial charge in [-0.1, -0.05) is 23.8 Å². The molecule has 1 aromatic heterocycles. The monoisotopic (exact) mass is 212 g/mol. The highest BCUT2D eigenvalue weighted by Gasteiger charge is 2.06. The van der Waals surface area contributed by atoms with Crippen LogP contribution in [-0.2, 0) is 0 Å². The minimum absolute atomic E-state index is 0.576. The molecule has 0 atom stereocenters. The van der Waals surface area contributed by atoms with Gasteiger partial charge in [0.1, 0.15) is 5.82 Å². The SMILES string of the molecule is Cc1ccc(C)c(-c2ccc(N)nc2C)c1. The maximum Gasteiger partial charge on any atom is 0.123 e. The molecule has 0 saturated heterocycles. The zero-order valence-corrected chi connectivity index (χ0v) is 9.91. The second-order valence-corrected chi connectivity index (χ2v) is 4.19. The number of benzene rings is 1. The Morgan fingerprint density at radius 3 is 2.38 bits per heavy atom. The number of rotatable bonds is 1. The number of nitrogens with two attached hydrogens (primary N) is 1. The van der Waals surface area contributed by atoms with E-state index in [1.165, 1.54) is 16.7 Å². The average molecular weight is 212 g/mol. The summed E-state index contributed by atoms with van der Waals surface area (Å²) >= 11 is 0. The molecule has 2 aromatic rings. The lowest BCUT2D eigenvalue weighted by atomic mass is 9.97. The second kappa shape index (κ2) is 3.97. The van der Waals surface area contributed by atoms with Gasteiger partial charge in [0.2, 0.25) is 0 Å². The highest BCUT2D eigenvalue weighted by molar-refractivity contribution is 5.70. The number of nitrogens with zero attached hydrogens (tertiary/aromatic N) is 1. The fraction of sp³-hybridized carbons (Fsp3) is 0.214. The van der Waals surface area contributed by atoms with Gasteiger partial charge in [-0.05, 0) is 44.0 Å². The Kier molecular flexibility index (Phi) is 2.65. The molecule has 2 N–H and O–H groups in total. The van der Waals surface area contributed by atoms with E-state index in [2.05, 4.69) is 37.0 Å². The zero-order chi connectivity index (χ0) is 11.7. The van der Waals surface area contributed by atoms with Gasteiger partial charge >= 0.3 is 0 Å². The fourth-order valence-corrected chi connectivity index (χ4v) is 1.89. The number of aromatic nitrogens is 1. The van der Waals surface area contributed by atoms with Crippen LogP contribution in [0.5, 0.6) is 0 Å². The van der Waals surface area contributed by atoms with Crippen LogP contribution in [0.2, 0.25) is 0 Å². The molecular weight excluding hydrogens is 196 g/mol. The Hall–Kier alpha value is -1.83. The molecule has 2 rings (SSSR count). The summed E-state index contributed by atoms with van der Waals surface area (Å²) in [4.78, 5) is 4.30. The Balaban J connectivity index is 2.62. The van der Waals surface area contributed by atoms with Gasteiger partial charge in [0.25, 0.3) is 0 Å². The summed E-state index contributed by atoms with van der Waals surface area (Å²) in [6.07, 6.45) is 0. The van der Waals surface area contributed by atoms with Crippen LogP contribution < -0.4 is 5.73 Å². The number of hydrogen-bond donors (Lipinski definition) is 1. The van der Waals surface area contributed by atoms with Crippen molar-refractivity contribution in [1.82, 2.24) is 4.98 Å². The molecule has 0 aliphatic heterocycles. The standard InChI is InChI=1S/C14H16N2/c1-9-4-5-10(2)13(8-9)12-6-7-14(15)16-11(12)3/h4-8H,1-3H3,(H2,15,16). The van der Waals surface area contributed by atoms with Gasteiger partial charge in [0.15, 0.2) is 0 Å². The Morgan fingerprint density at radius 1 is 0.938 bits per heavy atom. The third-order valence-electron chi connectivity index (χ3n) is 2.79. The van der Waals surface area contributed by atoms with Crippen molar-refractivity contribution in [3.8, 4) is 11.1 Å². The van der Waals surface area contributed by atoms with Gasteiger partial charge in [-0.15, -0.1) is 0 Å². The van der Waals surface area contributed by atoms with Crippen molar-refractivity contribution in [2.75, 3.05) is 5.73 Å². The molecule has 16 heavy (non-hydrogen) atoms. The van der Waals surface area contributed by atoms with Crippen molar-refractivity contribution in [3.63, 3.8) is 0 Å². The smallest absolute Gasteiger partial charge is 0.123 e. The maximum atomic E-state index is 5.66. The zero-order valence-electron chi connectivity index (χ0n) is 9.91. The first-order valence-electron chi connectivity index (χ1n) is 5.38. The highest BCUT2D eigenvalue weighted by Crippen LogP contribution is 2.27. The number of anilines is 1. The predicted molar refractivity (Wildman–Crippen MR) is 68.3 cm³/mol. The molecule has 0 unspecified atom stereocenters. The van der Waals surface area contributed by atoms with E-state index in [1.54, 1.807) is 0 Å². The summed E-state index contributed by atoms with van der Waals surface area (Å²) in [6, 6.07) is 10.3. The lowest BCUT2D eigenvalue weighted by Crippen LogP contribution is -1.95. The second-order valence-electron chi connectivity index (χ2n) is 4.19. The minimum Gasteiger partial charge on any atom is -0.384 e. The predicted octanol–water partition coefficient (Wildman–Crippen LogP) is 3.26. The van der Waals surface area contributed by atoms with Crippen LogP contribution in [0.15, 0.2) is 30.3 Å². The Morgan fingerprint density at radius 2 is 1.69 bits per heavy atom. The van der Waals surface area contributed by atoms with Crippen LogP contribution in [0.25, 0.3) is 11.1 Å². The maximum absolute atomic E-state index is 5.66. The van der Waals surface area contributed by atoms with E-state index in [0.29, 0.717) is 5.82 Å². The first kappa shape index (κ1) is 10.7. The van der Waals surface area contributed by atoms with Gasteiger partial charge in [0.05, 0.1) is 0 Å². The van der Waals surface area contributed by atoms with Gasteiger partial charge < -0.3 is 5.73 Å². The topological polar surface area (TPSA) is 38.9 Å². The molecule has 0 amide bonds. The van der Waals surface area contributed by atoms with Crippen molar-refractivity contribution in [1.29, 1.82) is 0 Å². The van der Waals surface area contributed by atoms with E-state index in [1.807, 2.05) is 19.1 Å². The molecule has 0 aliphatic rings. The molecule has 2 nitrogen and oxygen atoms in total. The lowest BCUT2D eigenvalue weighted by Gasteiger charge is -2.10. The molecule has 0 radical (unpaired) electrons. The molecule has 1 heterocycles. The normalized spacial score (nSPS) is 10.4. The number of pyridine rings is 1. The first-order valence-corrected chi connectivity index (χ1v) is 5.38. The van der Waals surface area contributed by atoms with Crippen LogP contribution in [0.3, 0.4) is 0 Å². The fourth-order valence-electron chi connectivity index (χ4n) is 1.89. The number of hydrogen-bond acceptors (Lipinski definition) is 2. The average Bonchev–Trinajstić information content (AvgIpc) is 2.22. The molecular formula is C14H16N2. The van der Waals surface area contributed by atoms with E-state index in [9.17, 15) is 0 Å². The van der Waals surface area contributed by atoms with Gasteiger partial charge in [-0.3, -0.25) is 0 Å². The van der Waals surface area contributed by atoms with Crippen LogP contribution >= 0.6 is 0 Å². The van der Waals surface area contributed by atoms with Crippen molar-refractivity contribution in [3.05, 3.63) is 47.2 Å². The molecule has 0 saturated carbocycles. The summed E-state index contributed by atoms with van der Waals surface area (Å²) in [5.41, 5.74) is 11.6. The van der Waals surface area contributed by atoms with E-state index in [4.69, 9.17) is 5.73 Å². The summed E-state index contributed by atoms with van der Waals surface area (Å²) in [7, 11) is 0. The first-order chi connectivity index (χ1) is 7.58. The Labute approximate surface area is 96.1 Å². The summed E-state index contributed by atoms with van der Waals surface area (Å²) < 4.78 is 0. The molecule has 0 fully saturated rings. The minimum atomic E-state index is 0.576. The number of aryl methyl sites for hydroxylation is 3. The van der Waals surface area contributed by atoms with E-state index >= 15 is 0 Å². The van der Waals surface area contributed by atoms with E-state index < -0.39 is 0 Å². The van der Waals surface area contributed by atoms with Gasteiger partial charge in [-0.25, -0.2) is 4.98 Å². The molecule has 82 valence electrons. The summed E-state index contributed by atoms with van der Waals surface area (Å²) in [5, 5.41) is 0. The third kappa shape index (κ3) is 1.91. The molecule has 0 spiro atoms. The van der Waals surface area contributed by atoms with Crippen LogP contribution in [0.4, 0.5) is 5.82 Å². The number of nitrogen functional groups attached to an aromatic ring is 1. The van der Waals surface area contributed by atoms with E-state index in [0.717, 1.165) is 11.3 Å². The molecule has 2 heteroatoms. The van der Waals surface area contributed by atoms with Crippen LogP contribution in [0.1, 0.15) is 16.8 Å². The Bertz CT molecular complexity index is 530. The van der Waals surface area contributed by atoms with Crippen LogP contribution in [-0.4, -0.2) is 4.98 Å². The molecule has 1 aromatic carbocycles. The van der Waals surface area contributed by atoms with Crippen molar-refractivity contribution < 1.29 is 0 Å². The van der Waals surface area contributed by atoms with E-state index in [-0.39, 0.29) is 0 Å². The van der Waals surface area contributed by atoms with Crippen LogP contribution in [0, 0.1) is 20.8 Å². The van der Waals surface area contributed by atoms with Crippen molar-refractivity contribution in [2.45, 2.75) is 20.8 Å².